The standard InChI is InChI=1S/C25H36N2O5/c1-5-26-22-19(23(31-4)17(3)20-15-32-25(30)21(20)22)9-8-16(2)14-18(24(28)29)10-13-27-11-6-7-12-27/h8,18,26H,5-7,9-15H2,1-4H3,(H,28,29)/b16-8+. The maximum atomic E-state index is 12.4. The molecule has 0 amide bonds. The van der Waals surface area contributed by atoms with E-state index in [1.165, 1.54) is 12.8 Å². The smallest absolute Gasteiger partial charge is 0.341 e. The highest BCUT2D eigenvalue weighted by atomic mass is 16.5. The summed E-state index contributed by atoms with van der Waals surface area (Å²) in [6, 6.07) is 0. The number of esters is 1. The SMILES string of the molecule is CCNc1c(C/C=C(\C)CC(CCN2CCCC2)C(=O)O)c(OC)c(C)c2c1C(=O)OC2. The second kappa shape index (κ2) is 10.9. The number of cyclic esters (lactones) is 1. The molecule has 32 heavy (non-hydrogen) atoms. The number of carboxylic acid groups (broad SMARTS) is 1. The molecule has 1 saturated heterocycles. The van der Waals surface area contributed by atoms with Crippen molar-refractivity contribution in [3.63, 3.8) is 0 Å². The van der Waals surface area contributed by atoms with Gasteiger partial charge in [-0.25, -0.2) is 4.79 Å². The summed E-state index contributed by atoms with van der Waals surface area (Å²) >= 11 is 0. The first-order valence-corrected chi connectivity index (χ1v) is 11.6. The van der Waals surface area contributed by atoms with Crippen LogP contribution in [0.4, 0.5) is 5.69 Å². The Morgan fingerprint density at radius 1 is 1.34 bits per heavy atom. The number of benzene rings is 1. The average molecular weight is 445 g/mol. The third-order valence-corrected chi connectivity index (χ3v) is 6.60. The van der Waals surface area contributed by atoms with Crippen molar-refractivity contribution >= 4 is 17.6 Å². The fourth-order valence-corrected chi connectivity index (χ4v) is 4.83. The van der Waals surface area contributed by atoms with Gasteiger partial charge in [0.15, 0.2) is 0 Å². The van der Waals surface area contributed by atoms with E-state index in [2.05, 4.69) is 16.3 Å². The van der Waals surface area contributed by atoms with Crippen LogP contribution in [-0.2, 0) is 22.6 Å². The number of ether oxygens (including phenoxy) is 2. The first-order valence-electron chi connectivity index (χ1n) is 11.6. The first-order chi connectivity index (χ1) is 15.4. The zero-order valence-corrected chi connectivity index (χ0v) is 19.8. The van der Waals surface area contributed by atoms with Crippen LogP contribution >= 0.6 is 0 Å². The fraction of sp³-hybridized carbons (Fsp3) is 0.600. The minimum Gasteiger partial charge on any atom is -0.496 e. The van der Waals surface area contributed by atoms with E-state index < -0.39 is 11.9 Å². The zero-order valence-electron chi connectivity index (χ0n) is 19.8. The van der Waals surface area contributed by atoms with Crippen molar-refractivity contribution in [1.82, 2.24) is 4.90 Å². The summed E-state index contributed by atoms with van der Waals surface area (Å²) in [5.41, 5.74) is 5.10. The predicted octanol–water partition coefficient (Wildman–Crippen LogP) is 4.17. The van der Waals surface area contributed by atoms with Crippen molar-refractivity contribution in [2.24, 2.45) is 5.92 Å². The monoisotopic (exact) mass is 444 g/mol. The van der Waals surface area contributed by atoms with Gasteiger partial charge in [-0.3, -0.25) is 4.79 Å². The van der Waals surface area contributed by atoms with Gasteiger partial charge >= 0.3 is 11.9 Å². The van der Waals surface area contributed by atoms with Gasteiger partial charge in [-0.2, -0.15) is 0 Å². The first kappa shape index (κ1) is 24.1. The molecule has 0 aromatic heterocycles. The number of fused-ring (bicyclic) bond motifs is 1. The predicted molar refractivity (Wildman–Crippen MR) is 125 cm³/mol. The number of nitrogens with one attached hydrogen (secondary N) is 1. The van der Waals surface area contributed by atoms with Crippen molar-refractivity contribution in [3.8, 4) is 5.75 Å². The third-order valence-electron chi connectivity index (χ3n) is 6.60. The molecular formula is C25H36N2O5. The summed E-state index contributed by atoms with van der Waals surface area (Å²) in [5, 5.41) is 13.1. The number of aliphatic carboxylic acids is 1. The maximum Gasteiger partial charge on any atom is 0.341 e. The minimum absolute atomic E-state index is 0.265. The number of hydrogen-bond donors (Lipinski definition) is 2. The van der Waals surface area contributed by atoms with Crippen molar-refractivity contribution in [2.45, 2.75) is 59.5 Å². The second-order valence-electron chi connectivity index (χ2n) is 8.80. The number of likely N-dealkylation sites (tertiary alicyclic amines) is 1. The molecule has 0 bridgehead atoms. The summed E-state index contributed by atoms with van der Waals surface area (Å²) in [6.07, 6.45) is 6.22. The lowest BCUT2D eigenvalue weighted by Crippen LogP contribution is -2.25. The molecule has 1 aromatic carbocycles. The number of rotatable bonds is 11. The van der Waals surface area contributed by atoms with Gasteiger partial charge in [0.2, 0.25) is 0 Å². The van der Waals surface area contributed by atoms with Crippen molar-refractivity contribution in [1.29, 1.82) is 0 Å². The molecular weight excluding hydrogens is 408 g/mol. The zero-order chi connectivity index (χ0) is 23.3. The number of carbonyl (C=O) groups is 2. The van der Waals surface area contributed by atoms with Crippen LogP contribution in [0.15, 0.2) is 11.6 Å². The number of carboxylic acids is 1. The highest BCUT2D eigenvalue weighted by molar-refractivity contribution is 6.01. The van der Waals surface area contributed by atoms with Crippen LogP contribution in [0.3, 0.4) is 0 Å². The van der Waals surface area contributed by atoms with Gasteiger partial charge in [0.1, 0.15) is 12.4 Å². The lowest BCUT2D eigenvalue weighted by atomic mass is 9.92. The van der Waals surface area contributed by atoms with E-state index in [9.17, 15) is 14.7 Å². The number of anilines is 1. The Bertz CT molecular complexity index is 887. The summed E-state index contributed by atoms with van der Waals surface area (Å²) in [6.45, 7) is 9.85. The number of carbonyl (C=O) groups excluding carboxylic acids is 1. The minimum atomic E-state index is -0.737. The Labute approximate surface area is 190 Å². The molecule has 1 atom stereocenters. The summed E-state index contributed by atoms with van der Waals surface area (Å²) in [5.74, 6) is -0.680. The van der Waals surface area contributed by atoms with E-state index in [0.29, 0.717) is 31.4 Å². The quantitative estimate of drug-likeness (QED) is 0.391. The highest BCUT2D eigenvalue weighted by Gasteiger charge is 2.31. The molecule has 7 heteroatoms. The van der Waals surface area contributed by atoms with Gasteiger partial charge < -0.3 is 24.8 Å². The number of hydrogen-bond acceptors (Lipinski definition) is 6. The normalized spacial score (nSPS) is 17.2. The fourth-order valence-electron chi connectivity index (χ4n) is 4.83. The molecule has 0 spiro atoms. The van der Waals surface area contributed by atoms with Crippen LogP contribution in [0.2, 0.25) is 0 Å². The summed E-state index contributed by atoms with van der Waals surface area (Å²) in [7, 11) is 1.64. The van der Waals surface area contributed by atoms with E-state index in [4.69, 9.17) is 9.47 Å². The van der Waals surface area contributed by atoms with Crippen molar-refractivity contribution in [2.75, 3.05) is 38.6 Å². The molecule has 2 aliphatic rings. The van der Waals surface area contributed by atoms with Gasteiger partial charge in [0.05, 0.1) is 24.3 Å². The Morgan fingerprint density at radius 3 is 2.69 bits per heavy atom. The van der Waals surface area contributed by atoms with Crippen LogP contribution < -0.4 is 10.1 Å². The molecule has 1 aromatic rings. The summed E-state index contributed by atoms with van der Waals surface area (Å²) in [4.78, 5) is 26.6. The molecule has 1 unspecified atom stereocenters. The molecule has 2 heterocycles. The summed E-state index contributed by atoms with van der Waals surface area (Å²) < 4.78 is 11.0. The number of methoxy groups -OCH3 is 1. The van der Waals surface area contributed by atoms with Crippen molar-refractivity contribution < 1.29 is 24.2 Å². The van der Waals surface area contributed by atoms with Gasteiger partial charge in [-0.1, -0.05) is 11.6 Å². The topological polar surface area (TPSA) is 88.1 Å². The van der Waals surface area contributed by atoms with E-state index >= 15 is 0 Å². The van der Waals surface area contributed by atoms with Crippen LogP contribution in [0, 0.1) is 12.8 Å². The van der Waals surface area contributed by atoms with Gasteiger partial charge in [0.25, 0.3) is 0 Å². The van der Waals surface area contributed by atoms with Crippen LogP contribution in [0.5, 0.6) is 5.75 Å². The molecule has 176 valence electrons. The van der Waals surface area contributed by atoms with E-state index in [1.807, 2.05) is 20.8 Å². The average Bonchev–Trinajstić information content (AvgIpc) is 3.41. The number of allylic oxidation sites excluding steroid dienone is 2. The van der Waals surface area contributed by atoms with Crippen LogP contribution in [0.25, 0.3) is 0 Å². The lowest BCUT2D eigenvalue weighted by molar-refractivity contribution is -0.142. The van der Waals surface area contributed by atoms with Crippen LogP contribution in [-0.4, -0.2) is 55.2 Å². The molecule has 7 nitrogen and oxygen atoms in total. The Hall–Kier alpha value is -2.54. The molecule has 3 rings (SSSR count). The van der Waals surface area contributed by atoms with Crippen molar-refractivity contribution in [3.05, 3.63) is 33.9 Å². The number of nitrogens with zero attached hydrogens (tertiary/aromatic N) is 1. The molecule has 0 aliphatic carbocycles. The molecule has 0 radical (unpaired) electrons. The molecule has 2 N–H and O–H groups in total. The van der Waals surface area contributed by atoms with Gasteiger partial charge in [0, 0.05) is 17.7 Å². The molecule has 2 aliphatic heterocycles. The highest BCUT2D eigenvalue weighted by Crippen LogP contribution is 2.41. The third kappa shape index (κ3) is 5.26. The Morgan fingerprint density at radius 2 is 2.06 bits per heavy atom. The Balaban J connectivity index is 1.80. The van der Waals surface area contributed by atoms with E-state index in [-0.39, 0.29) is 12.6 Å². The van der Waals surface area contributed by atoms with Gasteiger partial charge in [-0.15, -0.1) is 0 Å². The largest absolute Gasteiger partial charge is 0.496 e. The molecule has 0 saturated carbocycles. The van der Waals surface area contributed by atoms with E-state index in [0.717, 1.165) is 53.3 Å². The maximum absolute atomic E-state index is 12.4. The Kier molecular flexibility index (Phi) is 8.18. The van der Waals surface area contributed by atoms with Gasteiger partial charge in [-0.05, 0) is 78.1 Å². The second-order valence-corrected chi connectivity index (χ2v) is 8.80. The molecule has 1 fully saturated rings. The van der Waals surface area contributed by atoms with E-state index in [1.54, 1.807) is 7.11 Å². The van der Waals surface area contributed by atoms with Crippen LogP contribution in [0.1, 0.15) is 66.6 Å². The lowest BCUT2D eigenvalue weighted by Gasteiger charge is -2.20.